The summed E-state index contributed by atoms with van der Waals surface area (Å²) >= 11 is 0. The monoisotopic (exact) mass is 214 g/mol. The molecule has 1 amide bonds. The third-order valence-corrected chi connectivity index (χ3v) is 3.14. The fourth-order valence-electron chi connectivity index (χ4n) is 2.23. The van der Waals surface area contributed by atoms with Gasteiger partial charge in [-0.25, -0.2) is 0 Å². The van der Waals surface area contributed by atoms with Crippen molar-refractivity contribution in [1.82, 2.24) is 10.2 Å². The van der Waals surface area contributed by atoms with Crippen LogP contribution in [0.4, 0.5) is 0 Å². The zero-order chi connectivity index (χ0) is 11.3. The van der Waals surface area contributed by atoms with Crippen molar-refractivity contribution < 1.29 is 9.90 Å². The van der Waals surface area contributed by atoms with Crippen molar-refractivity contribution in [3.8, 4) is 0 Å². The lowest BCUT2D eigenvalue weighted by Crippen LogP contribution is -2.50. The molecule has 1 fully saturated rings. The second kappa shape index (κ2) is 6.08. The van der Waals surface area contributed by atoms with Crippen LogP contribution in [-0.2, 0) is 4.79 Å². The minimum absolute atomic E-state index is 0.218. The summed E-state index contributed by atoms with van der Waals surface area (Å²) in [6.07, 6.45) is 2.43. The van der Waals surface area contributed by atoms with E-state index in [1.54, 1.807) is 0 Å². The van der Waals surface area contributed by atoms with Gasteiger partial charge in [0.1, 0.15) is 0 Å². The van der Waals surface area contributed by atoms with Crippen LogP contribution < -0.4 is 5.32 Å². The Labute approximate surface area is 91.6 Å². The number of likely N-dealkylation sites (N-methyl/N-ethyl adjacent to an activating group) is 1. The number of carbonyl (C=O) groups excluding carboxylic acids is 1. The van der Waals surface area contributed by atoms with Crippen LogP contribution in [0, 0.1) is 5.92 Å². The summed E-state index contributed by atoms with van der Waals surface area (Å²) in [6, 6.07) is 0.380. The van der Waals surface area contributed by atoms with Crippen LogP contribution in [0.2, 0.25) is 0 Å². The number of amides is 1. The zero-order valence-corrected chi connectivity index (χ0v) is 9.70. The Balaban J connectivity index is 2.54. The number of carbonyl (C=O) groups is 1. The van der Waals surface area contributed by atoms with Gasteiger partial charge < -0.3 is 15.3 Å². The van der Waals surface area contributed by atoms with Crippen LogP contribution in [0.3, 0.4) is 0 Å². The van der Waals surface area contributed by atoms with E-state index in [0.29, 0.717) is 18.4 Å². The molecule has 4 nitrogen and oxygen atoms in total. The topological polar surface area (TPSA) is 52.6 Å². The molecule has 0 aliphatic carbocycles. The normalized spacial score (nSPS) is 26.7. The highest BCUT2D eigenvalue weighted by molar-refractivity contribution is 5.76. The molecular formula is C11H22N2O2. The Morgan fingerprint density at radius 3 is 2.80 bits per heavy atom. The number of nitrogens with one attached hydrogen (secondary N) is 1. The van der Waals surface area contributed by atoms with Crippen molar-refractivity contribution in [3.63, 3.8) is 0 Å². The summed E-state index contributed by atoms with van der Waals surface area (Å²) in [5, 5.41) is 12.2. The van der Waals surface area contributed by atoms with E-state index in [2.05, 4.69) is 5.32 Å². The van der Waals surface area contributed by atoms with E-state index in [1.165, 1.54) is 0 Å². The van der Waals surface area contributed by atoms with Gasteiger partial charge in [0.15, 0.2) is 0 Å². The summed E-state index contributed by atoms with van der Waals surface area (Å²) < 4.78 is 0. The number of piperidine rings is 1. The number of likely N-dealkylation sites (tertiary alicyclic amines) is 1. The molecule has 0 spiro atoms. The number of aliphatic hydroxyl groups is 1. The quantitative estimate of drug-likeness (QED) is 0.703. The summed E-state index contributed by atoms with van der Waals surface area (Å²) in [5.74, 6) is 0.662. The number of aliphatic hydroxyl groups excluding tert-OH is 1. The fraction of sp³-hybridized carbons (Fsp3) is 0.909. The van der Waals surface area contributed by atoms with E-state index >= 15 is 0 Å². The van der Waals surface area contributed by atoms with Crippen molar-refractivity contribution in [1.29, 1.82) is 0 Å². The molecule has 0 aromatic heterocycles. The summed E-state index contributed by atoms with van der Waals surface area (Å²) in [4.78, 5) is 13.5. The molecule has 2 unspecified atom stereocenters. The molecule has 88 valence electrons. The van der Waals surface area contributed by atoms with E-state index < -0.39 is 0 Å². The standard InChI is InChI=1S/C11H22N2O2/c1-3-11(15)13-7-9(4-5-14)6-10(8-13)12-2/h9-10,12,14H,3-8H2,1-2H3. The lowest BCUT2D eigenvalue weighted by Gasteiger charge is -2.37. The van der Waals surface area contributed by atoms with Gasteiger partial charge in [-0.1, -0.05) is 6.92 Å². The van der Waals surface area contributed by atoms with Crippen molar-refractivity contribution in [3.05, 3.63) is 0 Å². The maximum atomic E-state index is 11.6. The van der Waals surface area contributed by atoms with Gasteiger partial charge in [-0.3, -0.25) is 4.79 Å². The highest BCUT2D eigenvalue weighted by atomic mass is 16.3. The van der Waals surface area contributed by atoms with Crippen LogP contribution >= 0.6 is 0 Å². The largest absolute Gasteiger partial charge is 0.396 e. The average Bonchev–Trinajstić information content (AvgIpc) is 2.28. The van der Waals surface area contributed by atoms with E-state index in [-0.39, 0.29) is 12.5 Å². The lowest BCUT2D eigenvalue weighted by molar-refractivity contribution is -0.133. The highest BCUT2D eigenvalue weighted by Crippen LogP contribution is 2.20. The first kappa shape index (κ1) is 12.5. The molecule has 4 heteroatoms. The molecule has 2 N–H and O–H groups in total. The first-order chi connectivity index (χ1) is 7.21. The second-order valence-electron chi connectivity index (χ2n) is 4.25. The van der Waals surface area contributed by atoms with Gasteiger partial charge >= 0.3 is 0 Å². The number of rotatable bonds is 4. The number of hydrogen-bond acceptors (Lipinski definition) is 3. The molecule has 0 bridgehead atoms. The Hall–Kier alpha value is -0.610. The van der Waals surface area contributed by atoms with Gasteiger partial charge in [-0.15, -0.1) is 0 Å². The molecular weight excluding hydrogens is 192 g/mol. The molecule has 0 aromatic carbocycles. The van der Waals surface area contributed by atoms with E-state index in [0.717, 1.165) is 25.9 Å². The van der Waals surface area contributed by atoms with E-state index in [1.807, 2.05) is 18.9 Å². The molecule has 1 rings (SSSR count). The molecule has 1 aliphatic rings. The average molecular weight is 214 g/mol. The highest BCUT2D eigenvalue weighted by Gasteiger charge is 2.27. The number of hydrogen-bond donors (Lipinski definition) is 2. The first-order valence-corrected chi connectivity index (χ1v) is 5.77. The first-order valence-electron chi connectivity index (χ1n) is 5.77. The van der Waals surface area contributed by atoms with Gasteiger partial charge in [0, 0.05) is 32.2 Å². The van der Waals surface area contributed by atoms with Crippen molar-refractivity contribution >= 4 is 5.91 Å². The van der Waals surface area contributed by atoms with Crippen molar-refractivity contribution in [2.75, 3.05) is 26.7 Å². The lowest BCUT2D eigenvalue weighted by atomic mass is 9.91. The minimum Gasteiger partial charge on any atom is -0.396 e. The van der Waals surface area contributed by atoms with Gasteiger partial charge in [-0.2, -0.15) is 0 Å². The predicted octanol–water partition coefficient (Wildman–Crippen LogP) is 0.215. The minimum atomic E-state index is 0.218. The smallest absolute Gasteiger partial charge is 0.222 e. The Morgan fingerprint density at radius 2 is 2.27 bits per heavy atom. The SMILES string of the molecule is CCC(=O)N1CC(CCO)CC(NC)C1. The Morgan fingerprint density at radius 1 is 1.53 bits per heavy atom. The van der Waals surface area contributed by atoms with Gasteiger partial charge in [0.2, 0.25) is 5.91 Å². The fourth-order valence-corrected chi connectivity index (χ4v) is 2.23. The van der Waals surface area contributed by atoms with Crippen molar-refractivity contribution in [2.24, 2.45) is 5.92 Å². The van der Waals surface area contributed by atoms with Crippen LogP contribution in [0.5, 0.6) is 0 Å². The molecule has 0 aromatic rings. The molecule has 0 saturated carbocycles. The second-order valence-corrected chi connectivity index (χ2v) is 4.25. The maximum Gasteiger partial charge on any atom is 0.222 e. The van der Waals surface area contributed by atoms with Crippen molar-refractivity contribution in [2.45, 2.75) is 32.2 Å². The van der Waals surface area contributed by atoms with Crippen LogP contribution in [0.15, 0.2) is 0 Å². The third kappa shape index (κ3) is 3.47. The molecule has 1 aliphatic heterocycles. The van der Waals surface area contributed by atoms with E-state index in [4.69, 9.17) is 5.11 Å². The summed E-state index contributed by atoms with van der Waals surface area (Å²) in [6.45, 7) is 3.73. The zero-order valence-electron chi connectivity index (χ0n) is 9.70. The van der Waals surface area contributed by atoms with Gasteiger partial charge in [0.25, 0.3) is 0 Å². The Kier molecular flexibility index (Phi) is 5.05. The molecule has 0 radical (unpaired) electrons. The van der Waals surface area contributed by atoms with Crippen LogP contribution in [0.1, 0.15) is 26.2 Å². The predicted molar refractivity (Wildman–Crippen MR) is 59.5 cm³/mol. The van der Waals surface area contributed by atoms with Crippen LogP contribution in [-0.4, -0.2) is 48.7 Å². The summed E-state index contributed by atoms with van der Waals surface area (Å²) in [7, 11) is 1.93. The van der Waals surface area contributed by atoms with Gasteiger partial charge in [-0.05, 0) is 25.8 Å². The summed E-state index contributed by atoms with van der Waals surface area (Å²) in [5.41, 5.74) is 0. The van der Waals surface area contributed by atoms with Gasteiger partial charge in [0.05, 0.1) is 0 Å². The number of nitrogens with zero attached hydrogens (tertiary/aromatic N) is 1. The molecule has 1 heterocycles. The Bertz CT molecular complexity index is 209. The van der Waals surface area contributed by atoms with E-state index in [9.17, 15) is 4.79 Å². The molecule has 15 heavy (non-hydrogen) atoms. The third-order valence-electron chi connectivity index (χ3n) is 3.14. The molecule has 1 saturated heterocycles. The van der Waals surface area contributed by atoms with Crippen LogP contribution in [0.25, 0.3) is 0 Å². The molecule has 2 atom stereocenters. The maximum absolute atomic E-state index is 11.6.